The van der Waals surface area contributed by atoms with Gasteiger partial charge in [-0.25, -0.2) is 13.2 Å². The number of hydrogen-bond donors (Lipinski definition) is 2. The molecule has 2 aromatic rings. The highest BCUT2D eigenvalue weighted by Crippen LogP contribution is 2.35. The van der Waals surface area contributed by atoms with Crippen LogP contribution in [0.5, 0.6) is 5.75 Å². The van der Waals surface area contributed by atoms with E-state index in [1.807, 2.05) is 4.72 Å². The Morgan fingerprint density at radius 1 is 0.977 bits per heavy atom. The Balaban J connectivity index is 1.57. The van der Waals surface area contributed by atoms with E-state index in [1.165, 1.54) is 36.4 Å². The van der Waals surface area contributed by atoms with E-state index >= 15 is 8.78 Å². The first-order chi connectivity index (χ1) is 20.1. The fourth-order valence-electron chi connectivity index (χ4n) is 5.19. The first-order valence-corrected chi connectivity index (χ1v) is 16.6. The predicted octanol–water partition coefficient (Wildman–Crippen LogP) is 5.73. The summed E-state index contributed by atoms with van der Waals surface area (Å²) in [6, 6.07) is 7.55. The molecule has 2 atom stereocenters. The van der Waals surface area contributed by atoms with Gasteiger partial charge in [0.25, 0.3) is 5.92 Å². The molecule has 1 saturated carbocycles. The van der Waals surface area contributed by atoms with E-state index in [2.05, 4.69) is 21.2 Å². The Bertz CT molecular complexity index is 1380. The molecule has 2 aromatic carbocycles. The molecule has 1 aliphatic carbocycles. The molecule has 13 heteroatoms. The van der Waals surface area contributed by atoms with Gasteiger partial charge in [0, 0.05) is 29.2 Å². The number of alkyl carbamates (subject to hydrolysis) is 1. The van der Waals surface area contributed by atoms with Crippen LogP contribution in [0.1, 0.15) is 64.9 Å². The van der Waals surface area contributed by atoms with Gasteiger partial charge in [0.1, 0.15) is 11.4 Å². The van der Waals surface area contributed by atoms with Gasteiger partial charge in [0.15, 0.2) is 6.04 Å². The van der Waals surface area contributed by atoms with Crippen molar-refractivity contribution in [2.75, 3.05) is 13.1 Å². The molecule has 2 amide bonds. The van der Waals surface area contributed by atoms with E-state index in [9.17, 15) is 18.0 Å². The second-order valence-corrected chi connectivity index (χ2v) is 14.6. The zero-order chi connectivity index (χ0) is 31.4. The van der Waals surface area contributed by atoms with Gasteiger partial charge >= 0.3 is 6.09 Å². The molecule has 1 unspecified atom stereocenters. The summed E-state index contributed by atoms with van der Waals surface area (Å²) in [6.07, 6.45) is 4.25. The van der Waals surface area contributed by atoms with E-state index in [1.54, 1.807) is 20.8 Å². The summed E-state index contributed by atoms with van der Waals surface area (Å²) in [5.41, 5.74) is -1.27. The highest BCUT2D eigenvalue weighted by Gasteiger charge is 2.50. The van der Waals surface area contributed by atoms with E-state index < -0.39 is 51.2 Å². The highest BCUT2D eigenvalue weighted by molar-refractivity contribution is 9.10. The van der Waals surface area contributed by atoms with Crippen molar-refractivity contribution in [1.82, 2.24) is 14.9 Å². The maximum absolute atomic E-state index is 16.1. The second kappa shape index (κ2) is 13.5. The average Bonchev–Trinajstić information content (AvgIpc) is 3.44. The lowest BCUT2D eigenvalue weighted by molar-refractivity contribution is -0.145. The Labute approximate surface area is 259 Å². The lowest BCUT2D eigenvalue weighted by atomic mass is 9.98. The molecular formula is C30H38BrF2N3O6S. The van der Waals surface area contributed by atoms with Crippen LogP contribution >= 0.6 is 15.9 Å². The SMILES string of the molecule is CC(C)(C)OC(=O)N[C@@H]1CCCN(C(=O)C(NS(=O)(=O)c2ccc(OC3CCCC3)cc2)C(F)(F)c2ccc(Br)cc2)C1. The molecule has 0 bridgehead atoms. The standard InChI is InChI=1S/C30H38BrF2N3O6S/c1-29(2,3)42-28(38)34-22-7-6-18-36(19-22)27(37)26(30(32,33)20-10-12-21(31)13-11-20)35-43(39,40)25-16-14-24(15-17-25)41-23-8-4-5-9-23/h10-17,22-23,26,35H,4-9,18-19H2,1-3H3,(H,34,38)/t22-,26?/m1/s1. The van der Waals surface area contributed by atoms with Gasteiger partial charge in [-0.3, -0.25) is 4.79 Å². The molecule has 4 rings (SSSR count). The number of likely N-dealkylation sites (tertiary alicyclic amines) is 1. The minimum Gasteiger partial charge on any atom is -0.490 e. The Hall–Kier alpha value is -2.77. The molecule has 0 spiro atoms. The van der Waals surface area contributed by atoms with E-state index in [0.717, 1.165) is 42.7 Å². The van der Waals surface area contributed by atoms with Crippen LogP contribution < -0.4 is 14.8 Å². The number of alkyl halides is 2. The van der Waals surface area contributed by atoms with Gasteiger partial charge in [-0.2, -0.15) is 13.5 Å². The zero-order valence-electron chi connectivity index (χ0n) is 24.4. The van der Waals surface area contributed by atoms with Crippen molar-refractivity contribution < 1.29 is 36.3 Å². The minimum absolute atomic E-state index is 0.0605. The van der Waals surface area contributed by atoms with Crippen molar-refractivity contribution in [1.29, 1.82) is 0 Å². The van der Waals surface area contributed by atoms with Crippen LogP contribution in [0.25, 0.3) is 0 Å². The monoisotopic (exact) mass is 685 g/mol. The predicted molar refractivity (Wildman–Crippen MR) is 160 cm³/mol. The number of hydrogen-bond acceptors (Lipinski definition) is 6. The third-order valence-electron chi connectivity index (χ3n) is 7.30. The fourth-order valence-corrected chi connectivity index (χ4v) is 6.64. The number of ether oxygens (including phenoxy) is 2. The highest BCUT2D eigenvalue weighted by atomic mass is 79.9. The third-order valence-corrected chi connectivity index (χ3v) is 9.27. The first-order valence-electron chi connectivity index (χ1n) is 14.4. The molecule has 9 nitrogen and oxygen atoms in total. The fraction of sp³-hybridized carbons (Fsp3) is 0.533. The number of piperidine rings is 1. The van der Waals surface area contributed by atoms with Crippen LogP contribution in [-0.4, -0.2) is 62.2 Å². The number of nitrogens with one attached hydrogen (secondary N) is 2. The minimum atomic E-state index is -4.57. The topological polar surface area (TPSA) is 114 Å². The summed E-state index contributed by atoms with van der Waals surface area (Å²) in [5.74, 6) is -4.54. The lowest BCUT2D eigenvalue weighted by Crippen LogP contribution is -2.59. The summed E-state index contributed by atoms with van der Waals surface area (Å²) < 4.78 is 72.8. The summed E-state index contributed by atoms with van der Waals surface area (Å²) in [4.78, 5) is 26.9. The van der Waals surface area contributed by atoms with Crippen molar-refractivity contribution in [2.24, 2.45) is 0 Å². The van der Waals surface area contributed by atoms with Crippen molar-refractivity contribution in [3.8, 4) is 5.75 Å². The molecule has 1 aliphatic heterocycles. The van der Waals surface area contributed by atoms with Gasteiger partial charge in [-0.05, 0) is 95.7 Å². The van der Waals surface area contributed by atoms with Crippen LogP contribution in [0, 0.1) is 0 Å². The van der Waals surface area contributed by atoms with Gasteiger partial charge in [-0.1, -0.05) is 28.1 Å². The first kappa shape index (κ1) is 33.1. The van der Waals surface area contributed by atoms with Crippen molar-refractivity contribution in [3.63, 3.8) is 0 Å². The Morgan fingerprint density at radius 3 is 2.21 bits per heavy atom. The molecule has 43 heavy (non-hydrogen) atoms. The molecule has 1 saturated heterocycles. The quantitative estimate of drug-likeness (QED) is 0.349. The normalized spacial score (nSPS) is 19.1. The number of benzene rings is 2. The number of halogens is 3. The summed E-state index contributed by atoms with van der Waals surface area (Å²) in [6.45, 7) is 5.16. The Morgan fingerprint density at radius 2 is 1.60 bits per heavy atom. The van der Waals surface area contributed by atoms with E-state index in [4.69, 9.17) is 9.47 Å². The number of rotatable bonds is 9. The van der Waals surface area contributed by atoms with E-state index in [-0.39, 0.29) is 24.1 Å². The van der Waals surface area contributed by atoms with Crippen molar-refractivity contribution >= 4 is 38.0 Å². The van der Waals surface area contributed by atoms with Gasteiger partial charge < -0.3 is 19.7 Å². The largest absolute Gasteiger partial charge is 0.490 e. The smallest absolute Gasteiger partial charge is 0.407 e. The van der Waals surface area contributed by atoms with Crippen LogP contribution in [0.2, 0.25) is 0 Å². The summed E-state index contributed by atoms with van der Waals surface area (Å²) >= 11 is 3.21. The maximum Gasteiger partial charge on any atom is 0.407 e. The molecule has 2 N–H and O–H groups in total. The van der Waals surface area contributed by atoms with E-state index in [0.29, 0.717) is 23.1 Å². The Kier molecular flexibility index (Phi) is 10.4. The number of sulfonamides is 1. The summed E-state index contributed by atoms with van der Waals surface area (Å²) in [5, 5.41) is 2.68. The number of carbonyl (C=O) groups is 2. The number of carbonyl (C=O) groups excluding carboxylic acids is 2. The molecule has 2 aliphatic rings. The molecule has 1 heterocycles. The number of nitrogens with zero attached hydrogens (tertiary/aromatic N) is 1. The van der Waals surface area contributed by atoms with Gasteiger partial charge in [0.05, 0.1) is 11.0 Å². The zero-order valence-corrected chi connectivity index (χ0v) is 26.8. The molecule has 0 aromatic heterocycles. The molecule has 0 radical (unpaired) electrons. The summed E-state index contributed by atoms with van der Waals surface area (Å²) in [7, 11) is -4.57. The second-order valence-electron chi connectivity index (χ2n) is 11.9. The van der Waals surface area contributed by atoms with Crippen molar-refractivity contribution in [2.45, 2.75) is 93.9 Å². The average molecular weight is 687 g/mol. The van der Waals surface area contributed by atoms with Crippen LogP contribution in [0.3, 0.4) is 0 Å². The van der Waals surface area contributed by atoms with Crippen molar-refractivity contribution in [3.05, 3.63) is 58.6 Å². The third kappa shape index (κ3) is 8.89. The van der Waals surface area contributed by atoms with Crippen LogP contribution in [0.4, 0.5) is 13.6 Å². The number of amides is 2. The van der Waals surface area contributed by atoms with Gasteiger partial charge in [-0.15, -0.1) is 0 Å². The molecular weight excluding hydrogens is 648 g/mol. The molecule has 236 valence electrons. The molecule has 2 fully saturated rings. The van der Waals surface area contributed by atoms with Crippen LogP contribution in [0.15, 0.2) is 57.9 Å². The van der Waals surface area contributed by atoms with Crippen LogP contribution in [-0.2, 0) is 25.5 Å². The van der Waals surface area contributed by atoms with Gasteiger partial charge in [0.2, 0.25) is 15.9 Å². The maximum atomic E-state index is 16.1. The lowest BCUT2D eigenvalue weighted by Gasteiger charge is -2.37.